The van der Waals surface area contributed by atoms with Crippen molar-refractivity contribution in [3.05, 3.63) is 78.4 Å². The number of rotatable bonds is 6. The van der Waals surface area contributed by atoms with E-state index in [4.69, 9.17) is 14.2 Å². The summed E-state index contributed by atoms with van der Waals surface area (Å²) in [5, 5.41) is 0. The van der Waals surface area contributed by atoms with Crippen molar-refractivity contribution in [2.24, 2.45) is 0 Å². The molecule has 0 bridgehead atoms. The van der Waals surface area contributed by atoms with E-state index < -0.39 is 5.79 Å². The maximum absolute atomic E-state index is 6.38. The first kappa shape index (κ1) is 17.8. The van der Waals surface area contributed by atoms with Crippen LogP contribution in [0.5, 0.6) is 11.5 Å². The highest BCUT2D eigenvalue weighted by molar-refractivity contribution is 5.40. The van der Waals surface area contributed by atoms with Crippen LogP contribution in [0.3, 0.4) is 0 Å². The number of ether oxygens (including phenoxy) is 3. The van der Waals surface area contributed by atoms with Gasteiger partial charge in [0.05, 0.1) is 25.6 Å². The Morgan fingerprint density at radius 1 is 1.19 bits per heavy atom. The number of benzene rings is 2. The van der Waals surface area contributed by atoms with Crippen LogP contribution < -0.4 is 4.74 Å². The Labute approximate surface area is 159 Å². The first-order valence-electron chi connectivity index (χ1n) is 9.30. The lowest BCUT2D eigenvalue weighted by Crippen LogP contribution is -2.34. The van der Waals surface area contributed by atoms with Crippen molar-refractivity contribution >= 4 is 0 Å². The molecule has 2 unspecified atom stereocenters. The predicted octanol–water partition coefficient (Wildman–Crippen LogP) is 4.66. The fourth-order valence-corrected chi connectivity index (χ4v) is 3.45. The summed E-state index contributed by atoms with van der Waals surface area (Å²) in [6.45, 7) is 5.33. The molecular weight excluding hydrogens is 340 g/mol. The van der Waals surface area contributed by atoms with Crippen molar-refractivity contribution in [2.45, 2.75) is 38.7 Å². The number of nitrogens with zero attached hydrogens (tertiary/aromatic N) is 2. The Morgan fingerprint density at radius 3 is 2.70 bits per heavy atom. The maximum Gasteiger partial charge on any atom is 0.214 e. The third-order valence-corrected chi connectivity index (χ3v) is 4.85. The number of hydrogen-bond acceptors (Lipinski definition) is 4. The summed E-state index contributed by atoms with van der Waals surface area (Å²) in [5.41, 5.74) is 2.09. The molecule has 1 aliphatic rings. The van der Waals surface area contributed by atoms with Crippen LogP contribution in [0.2, 0.25) is 0 Å². The van der Waals surface area contributed by atoms with Crippen LogP contribution in [0.4, 0.5) is 0 Å². The highest BCUT2D eigenvalue weighted by atomic mass is 16.7. The first-order valence-corrected chi connectivity index (χ1v) is 9.30. The van der Waals surface area contributed by atoms with Gasteiger partial charge in [-0.2, -0.15) is 0 Å². The molecule has 2 atom stereocenters. The van der Waals surface area contributed by atoms with Crippen LogP contribution in [0.1, 0.15) is 24.5 Å². The van der Waals surface area contributed by atoms with E-state index in [0.717, 1.165) is 29.0 Å². The Kier molecular flexibility index (Phi) is 4.97. The molecular formula is C22H24N2O3. The molecule has 0 aliphatic carbocycles. The number of imidazole rings is 1. The standard InChI is InChI=1S/C22H24N2O3/c1-3-18-14-25-22(27-18,15-24-12-11-23-16-24)21-10-9-20(13-17(21)2)26-19-7-5-4-6-8-19/h4-13,16,18H,3,14-15H2,1-2H3. The molecule has 27 heavy (non-hydrogen) atoms. The Hall–Kier alpha value is -2.63. The van der Waals surface area contributed by atoms with Crippen LogP contribution in [0.15, 0.2) is 67.3 Å². The molecule has 0 amide bonds. The summed E-state index contributed by atoms with van der Waals surface area (Å²) < 4.78 is 20.6. The SMILES string of the molecule is CCC1COC(Cn2ccnc2)(c2ccc(Oc3ccccc3)cc2C)O1. The molecule has 2 aromatic carbocycles. The average molecular weight is 364 g/mol. The number of aromatic nitrogens is 2. The lowest BCUT2D eigenvalue weighted by atomic mass is 9.99. The van der Waals surface area contributed by atoms with Gasteiger partial charge >= 0.3 is 0 Å². The van der Waals surface area contributed by atoms with Gasteiger partial charge < -0.3 is 18.8 Å². The summed E-state index contributed by atoms with van der Waals surface area (Å²) in [6.07, 6.45) is 6.49. The van der Waals surface area contributed by atoms with E-state index >= 15 is 0 Å². The third-order valence-electron chi connectivity index (χ3n) is 4.85. The average Bonchev–Trinajstić information content (AvgIpc) is 3.33. The molecule has 1 fully saturated rings. The molecule has 0 spiro atoms. The number of para-hydroxylation sites is 1. The topological polar surface area (TPSA) is 45.5 Å². The van der Waals surface area contributed by atoms with Crippen LogP contribution in [-0.4, -0.2) is 22.3 Å². The molecule has 1 aliphatic heterocycles. The molecule has 3 aromatic rings. The van der Waals surface area contributed by atoms with Crippen molar-refractivity contribution in [3.63, 3.8) is 0 Å². The second kappa shape index (κ2) is 7.55. The van der Waals surface area contributed by atoms with E-state index in [1.165, 1.54) is 0 Å². The minimum atomic E-state index is -0.809. The van der Waals surface area contributed by atoms with Crippen LogP contribution >= 0.6 is 0 Å². The zero-order chi connectivity index (χ0) is 18.7. The van der Waals surface area contributed by atoms with Gasteiger partial charge in [0.15, 0.2) is 0 Å². The third kappa shape index (κ3) is 3.75. The lowest BCUT2D eigenvalue weighted by Gasteiger charge is -2.30. The summed E-state index contributed by atoms with van der Waals surface area (Å²) >= 11 is 0. The largest absolute Gasteiger partial charge is 0.457 e. The monoisotopic (exact) mass is 364 g/mol. The highest BCUT2D eigenvalue weighted by Gasteiger charge is 2.44. The summed E-state index contributed by atoms with van der Waals surface area (Å²) in [7, 11) is 0. The number of aryl methyl sites for hydroxylation is 1. The molecule has 140 valence electrons. The smallest absolute Gasteiger partial charge is 0.214 e. The zero-order valence-electron chi connectivity index (χ0n) is 15.7. The molecule has 0 radical (unpaired) electrons. The molecule has 5 nitrogen and oxygen atoms in total. The van der Waals surface area contributed by atoms with Crippen LogP contribution in [0, 0.1) is 6.92 Å². The van der Waals surface area contributed by atoms with Gasteiger partial charge in [0.1, 0.15) is 11.5 Å². The zero-order valence-corrected chi connectivity index (χ0v) is 15.7. The van der Waals surface area contributed by atoms with Gasteiger partial charge in [-0.05, 0) is 49.2 Å². The fourth-order valence-electron chi connectivity index (χ4n) is 3.45. The Bertz CT molecular complexity index is 880. The van der Waals surface area contributed by atoms with Gasteiger partial charge in [0, 0.05) is 18.0 Å². The molecule has 4 rings (SSSR count). The minimum absolute atomic E-state index is 0.0909. The van der Waals surface area contributed by atoms with Gasteiger partial charge in [-0.15, -0.1) is 0 Å². The van der Waals surface area contributed by atoms with Crippen molar-refractivity contribution in [1.29, 1.82) is 0 Å². The summed E-state index contributed by atoms with van der Waals surface area (Å²) in [5.74, 6) is 0.805. The van der Waals surface area contributed by atoms with E-state index in [9.17, 15) is 0 Å². The van der Waals surface area contributed by atoms with Crippen molar-refractivity contribution in [1.82, 2.24) is 9.55 Å². The predicted molar refractivity (Wildman–Crippen MR) is 103 cm³/mol. The second-order valence-corrected chi connectivity index (χ2v) is 6.84. The Balaban J connectivity index is 1.64. The van der Waals surface area contributed by atoms with Crippen molar-refractivity contribution in [3.8, 4) is 11.5 Å². The van der Waals surface area contributed by atoms with Gasteiger partial charge in [-0.25, -0.2) is 4.98 Å². The van der Waals surface area contributed by atoms with Crippen molar-refractivity contribution < 1.29 is 14.2 Å². The molecule has 1 saturated heterocycles. The van der Waals surface area contributed by atoms with E-state index in [-0.39, 0.29) is 6.10 Å². The summed E-state index contributed by atoms with van der Waals surface area (Å²) in [4.78, 5) is 4.14. The van der Waals surface area contributed by atoms with Crippen LogP contribution in [-0.2, 0) is 21.8 Å². The number of hydrogen-bond donors (Lipinski definition) is 0. The second-order valence-electron chi connectivity index (χ2n) is 6.84. The quantitative estimate of drug-likeness (QED) is 0.638. The Morgan fingerprint density at radius 2 is 2.04 bits per heavy atom. The normalized spacial score (nSPS) is 22.1. The minimum Gasteiger partial charge on any atom is -0.457 e. The fraction of sp³-hybridized carbons (Fsp3) is 0.318. The maximum atomic E-state index is 6.38. The highest BCUT2D eigenvalue weighted by Crippen LogP contribution is 2.39. The van der Waals surface area contributed by atoms with Gasteiger partial charge in [-0.3, -0.25) is 0 Å². The first-order chi connectivity index (χ1) is 13.2. The van der Waals surface area contributed by atoms with Crippen LogP contribution in [0.25, 0.3) is 0 Å². The van der Waals surface area contributed by atoms with E-state index in [0.29, 0.717) is 13.2 Å². The molecule has 0 saturated carbocycles. The van der Waals surface area contributed by atoms with Crippen molar-refractivity contribution in [2.75, 3.05) is 6.61 Å². The van der Waals surface area contributed by atoms with E-state index in [2.05, 4.69) is 18.8 Å². The van der Waals surface area contributed by atoms with E-state index in [1.807, 2.05) is 59.3 Å². The van der Waals surface area contributed by atoms with Gasteiger partial charge in [0.2, 0.25) is 5.79 Å². The molecule has 1 aromatic heterocycles. The molecule has 5 heteroatoms. The van der Waals surface area contributed by atoms with Gasteiger partial charge in [-0.1, -0.05) is 25.1 Å². The molecule has 0 N–H and O–H groups in total. The van der Waals surface area contributed by atoms with E-state index in [1.54, 1.807) is 12.5 Å². The molecule has 2 heterocycles. The summed E-state index contributed by atoms with van der Waals surface area (Å²) in [6, 6.07) is 15.8. The van der Waals surface area contributed by atoms with Gasteiger partial charge in [0.25, 0.3) is 0 Å². The lowest BCUT2D eigenvalue weighted by molar-refractivity contribution is -0.187.